The number of nitrogens with one attached hydrogen (secondary N) is 2. The highest BCUT2D eigenvalue weighted by Crippen LogP contribution is 2.24. The maximum Gasteiger partial charge on any atom is 0.230 e. The maximum absolute atomic E-state index is 11.7. The molecule has 0 aliphatic heterocycles. The number of nitrogens with zero attached hydrogens (tertiary/aromatic N) is 2. The molecule has 1 aromatic heterocycles. The summed E-state index contributed by atoms with van der Waals surface area (Å²) in [7, 11) is 1.80. The van der Waals surface area contributed by atoms with E-state index in [0.29, 0.717) is 12.3 Å². The fourth-order valence-electron chi connectivity index (χ4n) is 1.57. The molecular formula is C14H18N4OS3. The molecule has 0 saturated carbocycles. The maximum atomic E-state index is 11.7. The first-order chi connectivity index (χ1) is 10.8. The average molecular weight is 355 g/mol. The molecule has 0 atom stereocenters. The molecule has 118 valence electrons. The van der Waals surface area contributed by atoms with Crippen molar-refractivity contribution in [1.29, 1.82) is 0 Å². The van der Waals surface area contributed by atoms with Gasteiger partial charge in [0.25, 0.3) is 0 Å². The van der Waals surface area contributed by atoms with Gasteiger partial charge in [0.05, 0.1) is 5.75 Å². The van der Waals surface area contributed by atoms with Crippen LogP contribution in [0.3, 0.4) is 0 Å². The molecule has 0 radical (unpaired) electrons. The van der Waals surface area contributed by atoms with Gasteiger partial charge in [0.2, 0.25) is 11.0 Å². The number of rotatable bonds is 9. The Hall–Kier alpha value is -1.25. The van der Waals surface area contributed by atoms with E-state index in [2.05, 4.69) is 33.0 Å². The molecule has 8 heteroatoms. The highest BCUT2D eigenvalue weighted by molar-refractivity contribution is 8.01. The first-order valence-electron chi connectivity index (χ1n) is 6.80. The molecule has 2 N–H and O–H groups in total. The van der Waals surface area contributed by atoms with E-state index in [4.69, 9.17) is 0 Å². The third-order valence-corrected chi connectivity index (χ3v) is 5.73. The Balaban J connectivity index is 1.54. The van der Waals surface area contributed by atoms with Crippen LogP contribution in [0.4, 0.5) is 5.13 Å². The van der Waals surface area contributed by atoms with Gasteiger partial charge in [0.15, 0.2) is 4.34 Å². The van der Waals surface area contributed by atoms with E-state index in [1.54, 1.807) is 7.05 Å². The first-order valence-corrected chi connectivity index (χ1v) is 9.76. The Labute approximate surface area is 142 Å². The van der Waals surface area contributed by atoms with E-state index in [1.165, 1.54) is 28.7 Å². The van der Waals surface area contributed by atoms with Crippen molar-refractivity contribution in [2.45, 2.75) is 10.1 Å². The van der Waals surface area contributed by atoms with Crippen molar-refractivity contribution in [2.24, 2.45) is 0 Å². The quantitative estimate of drug-likeness (QED) is 0.533. The van der Waals surface area contributed by atoms with Crippen molar-refractivity contribution in [3.63, 3.8) is 0 Å². The summed E-state index contributed by atoms with van der Waals surface area (Å²) in [5.41, 5.74) is 1.31. The number of amides is 1. The Bertz CT molecular complexity index is 576. The number of aromatic nitrogens is 2. The van der Waals surface area contributed by atoms with Crippen LogP contribution in [0.5, 0.6) is 0 Å². The van der Waals surface area contributed by atoms with Crippen LogP contribution in [0.2, 0.25) is 0 Å². The van der Waals surface area contributed by atoms with E-state index in [1.807, 2.05) is 30.0 Å². The number of anilines is 1. The number of carbonyl (C=O) groups is 1. The van der Waals surface area contributed by atoms with Crippen LogP contribution < -0.4 is 10.6 Å². The second-order valence-corrected chi connectivity index (χ2v) is 7.61. The molecule has 2 aromatic rings. The molecule has 1 heterocycles. The molecule has 0 unspecified atom stereocenters. The number of hydrogen-bond donors (Lipinski definition) is 2. The lowest BCUT2D eigenvalue weighted by Crippen LogP contribution is -2.27. The van der Waals surface area contributed by atoms with Crippen molar-refractivity contribution >= 4 is 45.9 Å². The van der Waals surface area contributed by atoms with Gasteiger partial charge in [-0.1, -0.05) is 53.4 Å². The van der Waals surface area contributed by atoms with Gasteiger partial charge in [-0.25, -0.2) is 0 Å². The zero-order valence-corrected chi connectivity index (χ0v) is 14.7. The third kappa shape index (κ3) is 6.25. The molecule has 5 nitrogen and oxygen atoms in total. The highest BCUT2D eigenvalue weighted by Gasteiger charge is 2.07. The van der Waals surface area contributed by atoms with Crippen molar-refractivity contribution in [3.8, 4) is 0 Å². The van der Waals surface area contributed by atoms with E-state index >= 15 is 0 Å². The molecule has 0 spiro atoms. The lowest BCUT2D eigenvalue weighted by Gasteiger charge is -2.04. The predicted octanol–water partition coefficient (Wildman–Crippen LogP) is 2.72. The Morgan fingerprint density at radius 2 is 2.09 bits per heavy atom. The fraction of sp³-hybridized carbons (Fsp3) is 0.357. The molecule has 0 aliphatic rings. The van der Waals surface area contributed by atoms with Gasteiger partial charge in [-0.2, -0.15) is 11.8 Å². The fourth-order valence-corrected chi connectivity index (χ4v) is 3.93. The second kappa shape index (κ2) is 9.70. The molecule has 0 saturated heterocycles. The minimum atomic E-state index is 0.0338. The summed E-state index contributed by atoms with van der Waals surface area (Å²) in [6, 6.07) is 10.3. The zero-order chi connectivity index (χ0) is 15.6. The number of hydrogen-bond acceptors (Lipinski definition) is 7. The monoisotopic (exact) mass is 354 g/mol. The number of carbonyl (C=O) groups excluding carboxylic acids is 1. The van der Waals surface area contributed by atoms with Crippen LogP contribution >= 0.6 is 34.9 Å². The van der Waals surface area contributed by atoms with Crippen molar-refractivity contribution in [1.82, 2.24) is 15.5 Å². The minimum Gasteiger partial charge on any atom is -0.363 e. The van der Waals surface area contributed by atoms with Crippen LogP contribution in [0.15, 0.2) is 34.7 Å². The Morgan fingerprint density at radius 3 is 2.82 bits per heavy atom. The van der Waals surface area contributed by atoms with Gasteiger partial charge in [0, 0.05) is 25.1 Å². The van der Waals surface area contributed by atoms with Crippen LogP contribution in [-0.2, 0) is 10.5 Å². The van der Waals surface area contributed by atoms with E-state index < -0.39 is 0 Å². The van der Waals surface area contributed by atoms with Gasteiger partial charge in [-0.3, -0.25) is 4.79 Å². The summed E-state index contributed by atoms with van der Waals surface area (Å²) in [5.74, 6) is 2.30. The minimum absolute atomic E-state index is 0.0338. The van der Waals surface area contributed by atoms with Crippen LogP contribution in [0.1, 0.15) is 5.56 Å². The third-order valence-electron chi connectivity index (χ3n) is 2.63. The number of benzene rings is 1. The average Bonchev–Trinajstić information content (AvgIpc) is 3.02. The zero-order valence-electron chi connectivity index (χ0n) is 12.2. The van der Waals surface area contributed by atoms with Gasteiger partial charge in [0.1, 0.15) is 0 Å². The summed E-state index contributed by atoms with van der Waals surface area (Å²) in [6.07, 6.45) is 0. The Morgan fingerprint density at radius 1 is 1.27 bits per heavy atom. The molecule has 0 bridgehead atoms. The molecule has 22 heavy (non-hydrogen) atoms. The largest absolute Gasteiger partial charge is 0.363 e. The topological polar surface area (TPSA) is 66.9 Å². The smallest absolute Gasteiger partial charge is 0.230 e. The Kier molecular flexibility index (Phi) is 7.55. The van der Waals surface area contributed by atoms with Crippen LogP contribution in [0.25, 0.3) is 0 Å². The molecule has 0 fully saturated rings. The van der Waals surface area contributed by atoms with Crippen LogP contribution in [0, 0.1) is 0 Å². The molecular weight excluding hydrogens is 336 g/mol. The van der Waals surface area contributed by atoms with Crippen molar-refractivity contribution in [2.75, 3.05) is 30.4 Å². The molecule has 1 amide bonds. The summed E-state index contributed by atoms with van der Waals surface area (Å²) in [5, 5.41) is 14.5. The molecule has 0 aliphatic carbocycles. The first kappa shape index (κ1) is 17.1. The van der Waals surface area contributed by atoms with E-state index in [-0.39, 0.29) is 5.91 Å². The summed E-state index contributed by atoms with van der Waals surface area (Å²) >= 11 is 4.68. The van der Waals surface area contributed by atoms with Crippen LogP contribution in [-0.4, -0.2) is 41.2 Å². The summed E-state index contributed by atoms with van der Waals surface area (Å²) < 4.78 is 0.804. The SMILES string of the molecule is CNc1nnc(SCC(=O)NCCSCc2ccccc2)s1. The lowest BCUT2D eigenvalue weighted by atomic mass is 10.2. The van der Waals surface area contributed by atoms with E-state index in [0.717, 1.165) is 21.0 Å². The highest BCUT2D eigenvalue weighted by atomic mass is 32.2. The molecule has 1 aromatic carbocycles. The van der Waals surface area contributed by atoms with Crippen molar-refractivity contribution < 1.29 is 4.79 Å². The lowest BCUT2D eigenvalue weighted by molar-refractivity contribution is -0.118. The van der Waals surface area contributed by atoms with Gasteiger partial charge in [-0.05, 0) is 5.56 Å². The normalized spacial score (nSPS) is 10.4. The standard InChI is InChI=1S/C14H18N4OS3/c1-15-13-17-18-14(22-13)21-10-12(19)16-7-8-20-9-11-5-3-2-4-6-11/h2-6H,7-10H2,1H3,(H,15,17)(H,16,19). The number of thioether (sulfide) groups is 2. The van der Waals surface area contributed by atoms with E-state index in [9.17, 15) is 4.79 Å². The van der Waals surface area contributed by atoms with Crippen molar-refractivity contribution in [3.05, 3.63) is 35.9 Å². The van der Waals surface area contributed by atoms with Gasteiger partial charge >= 0.3 is 0 Å². The predicted molar refractivity (Wildman–Crippen MR) is 95.8 cm³/mol. The summed E-state index contributed by atoms with van der Waals surface area (Å²) in [6.45, 7) is 0.689. The molecule has 2 rings (SSSR count). The van der Waals surface area contributed by atoms with Gasteiger partial charge in [-0.15, -0.1) is 10.2 Å². The summed E-state index contributed by atoms with van der Waals surface area (Å²) in [4.78, 5) is 11.7. The van der Waals surface area contributed by atoms with Gasteiger partial charge < -0.3 is 10.6 Å². The second-order valence-electron chi connectivity index (χ2n) is 4.30.